The number of benzene rings is 1. The molecule has 5 nitrogen and oxygen atoms in total. The maximum atomic E-state index is 12.1. The van der Waals surface area contributed by atoms with E-state index >= 15 is 0 Å². The van der Waals surface area contributed by atoms with Gasteiger partial charge in [0.15, 0.2) is 15.4 Å². The normalized spacial score (nSPS) is 23.8. The molecule has 1 saturated heterocycles. The number of nitrogens with one attached hydrogen (secondary N) is 1. The van der Waals surface area contributed by atoms with Crippen molar-refractivity contribution in [3.8, 4) is 0 Å². The van der Waals surface area contributed by atoms with Gasteiger partial charge in [0.1, 0.15) is 0 Å². The van der Waals surface area contributed by atoms with Gasteiger partial charge >= 0.3 is 5.76 Å². The lowest BCUT2D eigenvalue weighted by atomic mass is 10.0. The Morgan fingerprint density at radius 3 is 2.90 bits per heavy atom. The molecule has 1 fully saturated rings. The van der Waals surface area contributed by atoms with Crippen molar-refractivity contribution in [3.63, 3.8) is 0 Å². The Balaban J connectivity index is 1.99. The van der Waals surface area contributed by atoms with E-state index in [0.29, 0.717) is 29.5 Å². The van der Waals surface area contributed by atoms with E-state index < -0.39 is 26.2 Å². The molecule has 0 saturated carbocycles. The van der Waals surface area contributed by atoms with Gasteiger partial charge < -0.3 is 4.42 Å². The number of aromatic nitrogens is 1. The molecule has 1 aromatic carbocycles. The number of fused-ring (bicyclic) bond motifs is 1. The zero-order chi connectivity index (χ0) is 14.3. The fourth-order valence-corrected chi connectivity index (χ4v) is 5.34. The van der Waals surface area contributed by atoms with Crippen LogP contribution in [-0.2, 0) is 9.84 Å². The molecule has 0 amide bonds. The van der Waals surface area contributed by atoms with Gasteiger partial charge in [0.05, 0.1) is 21.9 Å². The van der Waals surface area contributed by atoms with Crippen molar-refractivity contribution in [1.82, 2.24) is 4.98 Å². The number of aromatic amines is 1. The van der Waals surface area contributed by atoms with Crippen LogP contribution in [0.5, 0.6) is 0 Å². The molecule has 2 unspecified atom stereocenters. The average molecular weight is 316 g/mol. The van der Waals surface area contributed by atoms with Gasteiger partial charge in [0.2, 0.25) is 0 Å². The molecule has 1 aliphatic rings. The van der Waals surface area contributed by atoms with Crippen molar-refractivity contribution in [1.29, 1.82) is 0 Å². The Labute approximate surface area is 120 Å². The predicted octanol–water partition coefficient (Wildman–Crippen LogP) is 2.37. The Kier molecular flexibility index (Phi) is 3.38. The standard InChI is InChI=1S/C13H14ClNO4S/c14-12(11-3-1-2-6-20(11,17)18)8-4-5-9-10(7-8)19-13(16)15-9/h4-5,7,11-12H,1-3,6H2,(H,15,16). The summed E-state index contributed by atoms with van der Waals surface area (Å²) in [5, 5.41) is -1.19. The summed E-state index contributed by atoms with van der Waals surface area (Å²) in [5.74, 6) is -0.337. The van der Waals surface area contributed by atoms with Crippen molar-refractivity contribution in [2.75, 3.05) is 5.75 Å². The van der Waals surface area contributed by atoms with E-state index in [9.17, 15) is 13.2 Å². The van der Waals surface area contributed by atoms with Gasteiger partial charge in [-0.05, 0) is 30.5 Å². The molecule has 1 aromatic heterocycles. The lowest BCUT2D eigenvalue weighted by molar-refractivity contribution is 0.533. The molecule has 1 N–H and O–H groups in total. The Morgan fingerprint density at radius 1 is 1.35 bits per heavy atom. The first-order valence-electron chi connectivity index (χ1n) is 6.46. The third-order valence-corrected chi connectivity index (χ3v) is 6.71. The number of alkyl halides is 1. The summed E-state index contributed by atoms with van der Waals surface area (Å²) in [6, 6.07) is 5.05. The molecular weight excluding hydrogens is 302 g/mol. The van der Waals surface area contributed by atoms with Crippen LogP contribution < -0.4 is 5.76 Å². The highest BCUT2D eigenvalue weighted by atomic mass is 35.5. The summed E-state index contributed by atoms with van der Waals surface area (Å²) in [6.45, 7) is 0. The summed E-state index contributed by atoms with van der Waals surface area (Å²) >= 11 is 6.37. The van der Waals surface area contributed by atoms with Crippen LogP contribution in [0.1, 0.15) is 30.2 Å². The van der Waals surface area contributed by atoms with Crippen LogP contribution in [0.2, 0.25) is 0 Å². The fourth-order valence-electron chi connectivity index (χ4n) is 2.66. The van der Waals surface area contributed by atoms with Crippen molar-refractivity contribution in [2.45, 2.75) is 29.9 Å². The second kappa shape index (κ2) is 4.93. The third-order valence-electron chi connectivity index (χ3n) is 3.72. The van der Waals surface area contributed by atoms with E-state index in [2.05, 4.69) is 4.98 Å². The Morgan fingerprint density at radius 2 is 2.15 bits per heavy atom. The molecular formula is C13H14ClNO4S. The van der Waals surface area contributed by atoms with Crippen molar-refractivity contribution in [3.05, 3.63) is 34.3 Å². The highest BCUT2D eigenvalue weighted by Crippen LogP contribution is 2.36. The summed E-state index contributed by atoms with van der Waals surface area (Å²) < 4.78 is 29.2. The van der Waals surface area contributed by atoms with Crippen LogP contribution >= 0.6 is 11.6 Å². The minimum Gasteiger partial charge on any atom is -0.408 e. The summed E-state index contributed by atoms with van der Waals surface area (Å²) in [7, 11) is -3.15. The maximum absolute atomic E-state index is 12.1. The molecule has 0 radical (unpaired) electrons. The first-order chi connectivity index (χ1) is 9.47. The lowest BCUT2D eigenvalue weighted by Crippen LogP contribution is -2.31. The van der Waals surface area contributed by atoms with Crippen molar-refractivity contribution >= 4 is 32.5 Å². The van der Waals surface area contributed by atoms with E-state index in [4.69, 9.17) is 16.0 Å². The van der Waals surface area contributed by atoms with E-state index in [1.165, 1.54) is 0 Å². The minimum atomic E-state index is -3.15. The van der Waals surface area contributed by atoms with Crippen LogP contribution in [-0.4, -0.2) is 24.4 Å². The SMILES string of the molecule is O=c1[nH]c2ccc(C(Cl)C3CCCCS3(=O)=O)cc2o1. The van der Waals surface area contributed by atoms with Gasteiger partial charge in [-0.1, -0.05) is 12.5 Å². The first kappa shape index (κ1) is 13.7. The summed E-state index contributed by atoms with van der Waals surface area (Å²) in [4.78, 5) is 13.7. The number of hydrogen-bond donors (Lipinski definition) is 1. The third kappa shape index (κ3) is 2.38. The average Bonchev–Trinajstić information content (AvgIpc) is 2.76. The van der Waals surface area contributed by atoms with Gasteiger partial charge in [0, 0.05) is 0 Å². The molecule has 20 heavy (non-hydrogen) atoms. The Bertz CT molecular complexity index is 792. The number of hydrogen-bond acceptors (Lipinski definition) is 4. The largest absolute Gasteiger partial charge is 0.417 e. The second-order valence-corrected chi connectivity index (χ2v) is 7.88. The highest BCUT2D eigenvalue weighted by Gasteiger charge is 2.35. The van der Waals surface area contributed by atoms with Crippen LogP contribution in [0, 0.1) is 0 Å². The van der Waals surface area contributed by atoms with Crippen LogP contribution in [0.3, 0.4) is 0 Å². The van der Waals surface area contributed by atoms with E-state index in [1.807, 2.05) is 0 Å². The van der Waals surface area contributed by atoms with E-state index in [1.54, 1.807) is 18.2 Å². The number of H-pyrrole nitrogens is 1. The molecule has 2 atom stereocenters. The molecule has 0 spiro atoms. The van der Waals surface area contributed by atoms with E-state index in [0.717, 1.165) is 6.42 Å². The second-order valence-electron chi connectivity index (χ2n) is 5.07. The topological polar surface area (TPSA) is 80.1 Å². The number of rotatable bonds is 2. The highest BCUT2D eigenvalue weighted by molar-refractivity contribution is 7.92. The molecule has 3 rings (SSSR count). The zero-order valence-electron chi connectivity index (χ0n) is 10.6. The Hall–Kier alpha value is -1.27. The smallest absolute Gasteiger partial charge is 0.408 e. The monoisotopic (exact) mass is 315 g/mol. The van der Waals surface area contributed by atoms with E-state index in [-0.39, 0.29) is 5.75 Å². The van der Waals surface area contributed by atoms with Crippen molar-refractivity contribution < 1.29 is 12.8 Å². The number of oxazole rings is 1. The fraction of sp³-hybridized carbons (Fsp3) is 0.462. The maximum Gasteiger partial charge on any atom is 0.417 e. The first-order valence-corrected chi connectivity index (χ1v) is 8.61. The van der Waals surface area contributed by atoms with Gasteiger partial charge in [-0.3, -0.25) is 4.98 Å². The lowest BCUT2D eigenvalue weighted by Gasteiger charge is -2.26. The van der Waals surface area contributed by atoms with Gasteiger partial charge in [-0.2, -0.15) is 0 Å². The molecule has 2 aromatic rings. The quantitative estimate of drug-likeness (QED) is 0.863. The molecule has 2 heterocycles. The summed E-state index contributed by atoms with van der Waals surface area (Å²) in [5.41, 5.74) is 1.64. The van der Waals surface area contributed by atoms with Crippen LogP contribution in [0.25, 0.3) is 11.1 Å². The number of sulfone groups is 1. The molecule has 7 heteroatoms. The molecule has 0 aliphatic carbocycles. The molecule has 1 aliphatic heterocycles. The minimum absolute atomic E-state index is 0.197. The molecule has 108 valence electrons. The summed E-state index contributed by atoms with van der Waals surface area (Å²) in [6.07, 6.45) is 2.15. The zero-order valence-corrected chi connectivity index (χ0v) is 12.2. The number of halogens is 1. The van der Waals surface area contributed by atoms with Crippen molar-refractivity contribution in [2.24, 2.45) is 0 Å². The predicted molar refractivity (Wildman–Crippen MR) is 76.9 cm³/mol. The van der Waals surface area contributed by atoms with Crippen LogP contribution in [0.4, 0.5) is 0 Å². The van der Waals surface area contributed by atoms with Gasteiger partial charge in [-0.15, -0.1) is 11.6 Å². The van der Waals surface area contributed by atoms with Crippen LogP contribution in [0.15, 0.2) is 27.4 Å². The van der Waals surface area contributed by atoms with Gasteiger partial charge in [-0.25, -0.2) is 13.2 Å². The van der Waals surface area contributed by atoms with Gasteiger partial charge in [0.25, 0.3) is 0 Å². The molecule has 0 bridgehead atoms.